The van der Waals surface area contributed by atoms with E-state index in [9.17, 15) is 19.8 Å². The summed E-state index contributed by atoms with van der Waals surface area (Å²) in [6.07, 6.45) is -2.08. The van der Waals surface area contributed by atoms with Crippen molar-refractivity contribution in [1.29, 1.82) is 0 Å². The Morgan fingerprint density at radius 2 is 1.07 bits per heavy atom. The van der Waals surface area contributed by atoms with Crippen LogP contribution in [0.4, 0.5) is 0 Å². The van der Waals surface area contributed by atoms with Crippen molar-refractivity contribution >= 4 is 44.3 Å². The van der Waals surface area contributed by atoms with Crippen LogP contribution in [-0.4, -0.2) is 60.8 Å². The van der Waals surface area contributed by atoms with Crippen LogP contribution in [0, 0.1) is 0 Å². The number of ether oxygens (including phenoxy) is 5. The van der Waals surface area contributed by atoms with E-state index >= 15 is 0 Å². The lowest BCUT2D eigenvalue weighted by Gasteiger charge is -2.31. The van der Waals surface area contributed by atoms with E-state index in [1.54, 1.807) is 13.8 Å². The molecule has 6 aromatic carbocycles. The van der Waals surface area contributed by atoms with Gasteiger partial charge in [-0.05, 0) is 88.1 Å². The zero-order valence-corrected chi connectivity index (χ0v) is 30.0. The lowest BCUT2D eigenvalue weighted by molar-refractivity contribution is -0.143. The van der Waals surface area contributed by atoms with E-state index in [0.717, 1.165) is 49.0 Å². The standard InChI is InChI=1S/C45H40O9/c1-26(2)44(48)52-24-33(46)22-50-35-15-11-29-13-17-39-42(37(29)20-35)41(32-10-9-28-7-5-6-8-31(28)19-32)43-38-21-36(16-12-30(38)14-18-40(43)54-39)51-23-34(47)25-53-45(49)27(3)4/h5-21,33-34,41,46-47H,1,3,22-25H2,2,4H3. The second-order valence-corrected chi connectivity index (χ2v) is 13.5. The fraction of sp³-hybridized carbons (Fsp3) is 0.200. The third kappa shape index (κ3) is 7.64. The normalized spacial score (nSPS) is 14.3. The predicted octanol–water partition coefficient (Wildman–Crippen LogP) is 8.15. The number of aliphatic hydroxyl groups excluding tert-OH is 2. The van der Waals surface area contributed by atoms with Crippen LogP contribution in [-0.2, 0) is 19.1 Å². The molecule has 274 valence electrons. The number of rotatable bonds is 13. The maximum Gasteiger partial charge on any atom is 0.333 e. The fourth-order valence-electron chi connectivity index (χ4n) is 6.61. The van der Waals surface area contributed by atoms with Gasteiger partial charge in [0.15, 0.2) is 0 Å². The average Bonchev–Trinajstić information content (AvgIpc) is 3.18. The Kier molecular flexibility index (Phi) is 10.4. The number of hydrogen-bond donors (Lipinski definition) is 2. The highest BCUT2D eigenvalue weighted by molar-refractivity contribution is 5.97. The van der Waals surface area contributed by atoms with Crippen molar-refractivity contribution in [2.75, 3.05) is 26.4 Å². The number of esters is 2. The number of aliphatic hydroxyl groups is 2. The third-order valence-electron chi connectivity index (χ3n) is 9.29. The Morgan fingerprint density at radius 1 is 0.611 bits per heavy atom. The van der Waals surface area contributed by atoms with Gasteiger partial charge in [0.1, 0.15) is 61.6 Å². The smallest absolute Gasteiger partial charge is 0.333 e. The molecule has 2 N–H and O–H groups in total. The highest BCUT2D eigenvalue weighted by Gasteiger charge is 2.33. The first-order valence-electron chi connectivity index (χ1n) is 17.6. The molecule has 9 nitrogen and oxygen atoms in total. The molecule has 1 aliphatic rings. The summed E-state index contributed by atoms with van der Waals surface area (Å²) in [6, 6.07) is 34.2. The van der Waals surface area contributed by atoms with Crippen LogP contribution in [0.5, 0.6) is 23.0 Å². The monoisotopic (exact) mass is 724 g/mol. The van der Waals surface area contributed by atoms with Crippen molar-refractivity contribution in [1.82, 2.24) is 0 Å². The molecule has 0 aliphatic carbocycles. The zero-order valence-electron chi connectivity index (χ0n) is 30.0. The Hall–Kier alpha value is -6.16. The van der Waals surface area contributed by atoms with E-state index in [4.69, 9.17) is 23.7 Å². The molecule has 0 spiro atoms. The highest BCUT2D eigenvalue weighted by Crippen LogP contribution is 2.53. The summed E-state index contributed by atoms with van der Waals surface area (Å²) in [5.74, 6) is 1.04. The second-order valence-electron chi connectivity index (χ2n) is 13.5. The van der Waals surface area contributed by atoms with Crippen LogP contribution in [0.25, 0.3) is 32.3 Å². The van der Waals surface area contributed by atoms with E-state index < -0.39 is 24.1 Å². The van der Waals surface area contributed by atoms with Crippen molar-refractivity contribution in [3.05, 3.63) is 144 Å². The van der Waals surface area contributed by atoms with Gasteiger partial charge in [-0.25, -0.2) is 9.59 Å². The van der Waals surface area contributed by atoms with Crippen molar-refractivity contribution in [2.24, 2.45) is 0 Å². The Bertz CT molecular complexity index is 2300. The molecule has 6 aromatic rings. The van der Waals surface area contributed by atoms with Gasteiger partial charge in [0, 0.05) is 28.2 Å². The largest absolute Gasteiger partial charge is 0.491 e. The van der Waals surface area contributed by atoms with E-state index in [2.05, 4.69) is 43.5 Å². The summed E-state index contributed by atoms with van der Waals surface area (Å²) in [7, 11) is 0. The molecule has 2 atom stereocenters. The predicted molar refractivity (Wildman–Crippen MR) is 207 cm³/mol. The summed E-state index contributed by atoms with van der Waals surface area (Å²) in [6.45, 7) is 9.62. The van der Waals surface area contributed by atoms with E-state index in [-0.39, 0.29) is 43.5 Å². The molecule has 0 fully saturated rings. The Morgan fingerprint density at radius 3 is 1.57 bits per heavy atom. The molecule has 54 heavy (non-hydrogen) atoms. The minimum absolute atomic E-state index is 0.0874. The number of carbonyl (C=O) groups excluding carboxylic acids is 2. The minimum Gasteiger partial charge on any atom is -0.491 e. The lowest BCUT2D eigenvalue weighted by Crippen LogP contribution is -2.25. The molecule has 9 heteroatoms. The summed E-state index contributed by atoms with van der Waals surface area (Å²) < 4.78 is 28.9. The average molecular weight is 725 g/mol. The number of fused-ring (bicyclic) bond motifs is 7. The topological polar surface area (TPSA) is 121 Å². The Labute approximate surface area is 312 Å². The zero-order chi connectivity index (χ0) is 37.9. The van der Waals surface area contributed by atoms with Gasteiger partial charge in [-0.1, -0.05) is 79.9 Å². The van der Waals surface area contributed by atoms with Crippen molar-refractivity contribution < 1.29 is 43.5 Å². The molecule has 0 saturated carbocycles. The number of carbonyl (C=O) groups is 2. The molecule has 0 aromatic heterocycles. The van der Waals surface area contributed by atoms with E-state index in [1.165, 1.54) is 0 Å². The molecular formula is C45H40O9. The summed E-state index contributed by atoms with van der Waals surface area (Å²) >= 11 is 0. The van der Waals surface area contributed by atoms with Gasteiger partial charge >= 0.3 is 11.9 Å². The maximum absolute atomic E-state index is 11.8. The first-order chi connectivity index (χ1) is 26.0. The summed E-state index contributed by atoms with van der Waals surface area (Å²) in [5, 5.41) is 27.0. The minimum atomic E-state index is -1.04. The van der Waals surface area contributed by atoms with Gasteiger partial charge in [-0.15, -0.1) is 0 Å². The molecule has 2 unspecified atom stereocenters. The molecule has 0 radical (unpaired) electrons. The van der Waals surface area contributed by atoms with Crippen molar-refractivity contribution in [2.45, 2.75) is 32.0 Å². The van der Waals surface area contributed by atoms with Crippen LogP contribution < -0.4 is 14.2 Å². The van der Waals surface area contributed by atoms with Crippen LogP contribution in [0.2, 0.25) is 0 Å². The fourth-order valence-corrected chi connectivity index (χ4v) is 6.61. The van der Waals surface area contributed by atoms with Gasteiger partial charge in [0.2, 0.25) is 0 Å². The molecule has 7 rings (SSSR count). The Balaban J connectivity index is 1.28. The van der Waals surface area contributed by atoms with E-state index in [1.807, 2.05) is 72.8 Å². The van der Waals surface area contributed by atoms with Crippen molar-refractivity contribution in [3.8, 4) is 23.0 Å². The molecule has 0 bridgehead atoms. The van der Waals surface area contributed by atoms with Gasteiger partial charge < -0.3 is 33.9 Å². The quantitative estimate of drug-likeness (QED) is 0.0897. The number of benzene rings is 6. The van der Waals surface area contributed by atoms with Gasteiger partial charge in [-0.3, -0.25) is 0 Å². The van der Waals surface area contributed by atoms with Crippen LogP contribution in [0.1, 0.15) is 36.5 Å². The van der Waals surface area contributed by atoms with E-state index in [0.29, 0.717) is 23.0 Å². The summed E-state index contributed by atoms with van der Waals surface area (Å²) in [4.78, 5) is 23.6. The first-order valence-corrected chi connectivity index (χ1v) is 17.6. The van der Waals surface area contributed by atoms with Gasteiger partial charge in [0.05, 0.1) is 0 Å². The molecule has 1 aliphatic heterocycles. The summed E-state index contributed by atoms with van der Waals surface area (Å²) in [5.41, 5.74) is 3.46. The van der Waals surface area contributed by atoms with Gasteiger partial charge in [-0.2, -0.15) is 0 Å². The molecule has 0 amide bonds. The van der Waals surface area contributed by atoms with Crippen LogP contribution >= 0.6 is 0 Å². The van der Waals surface area contributed by atoms with Crippen LogP contribution in [0.15, 0.2) is 127 Å². The van der Waals surface area contributed by atoms with Gasteiger partial charge in [0.25, 0.3) is 0 Å². The van der Waals surface area contributed by atoms with Crippen molar-refractivity contribution in [3.63, 3.8) is 0 Å². The van der Waals surface area contributed by atoms with Crippen LogP contribution in [0.3, 0.4) is 0 Å². The SMILES string of the molecule is C=C(C)C(=O)OCC(O)COc1ccc2ccc3c(c2c1)C(c1ccc2ccccc2c1)c1c(ccc2ccc(OCC(O)COC(=O)C(=C)C)cc12)O3. The number of hydrogen-bond acceptors (Lipinski definition) is 9. The lowest BCUT2D eigenvalue weighted by atomic mass is 9.78. The molecule has 0 saturated heterocycles. The third-order valence-corrected chi connectivity index (χ3v) is 9.29. The first kappa shape index (κ1) is 36.2. The molecular weight excluding hydrogens is 684 g/mol. The molecule has 1 heterocycles. The maximum atomic E-state index is 11.8. The highest BCUT2D eigenvalue weighted by atomic mass is 16.6. The second kappa shape index (κ2) is 15.4.